The van der Waals surface area contributed by atoms with Crippen LogP contribution in [0.2, 0.25) is 0 Å². The molecule has 6 nitrogen and oxygen atoms in total. The van der Waals surface area contributed by atoms with Crippen molar-refractivity contribution in [2.75, 3.05) is 13.1 Å². The number of carbonyl (C=O) groups excluding carboxylic acids is 1. The molecule has 0 aliphatic carbocycles. The number of hydrogen-bond acceptors (Lipinski definition) is 4. The normalized spacial score (nSPS) is 24.8. The molecule has 4 N–H and O–H groups in total. The number of nitrogens with zero attached hydrogens (tertiary/aromatic N) is 1. The Morgan fingerprint density at radius 1 is 1.42 bits per heavy atom. The number of amides is 1. The van der Waals surface area contributed by atoms with Crippen molar-refractivity contribution in [3.63, 3.8) is 0 Å². The Hall–Kier alpha value is -1.14. The van der Waals surface area contributed by atoms with Gasteiger partial charge >= 0.3 is 5.97 Å². The van der Waals surface area contributed by atoms with Crippen LogP contribution in [0.15, 0.2) is 0 Å². The molecule has 0 unspecified atom stereocenters. The van der Waals surface area contributed by atoms with Crippen LogP contribution in [0.1, 0.15) is 33.1 Å². The van der Waals surface area contributed by atoms with Gasteiger partial charge in [-0.15, -0.1) is 0 Å². The van der Waals surface area contributed by atoms with Crippen LogP contribution in [0.5, 0.6) is 0 Å². The second-order valence-corrected chi connectivity index (χ2v) is 5.73. The Kier molecular flexibility index (Phi) is 5.75. The van der Waals surface area contributed by atoms with Gasteiger partial charge in [0.15, 0.2) is 0 Å². The van der Waals surface area contributed by atoms with Gasteiger partial charge in [-0.25, -0.2) is 4.79 Å². The number of carbonyl (C=O) groups is 2. The molecule has 1 amide bonds. The zero-order valence-corrected chi connectivity index (χ0v) is 11.6. The molecule has 0 bridgehead atoms. The minimum Gasteiger partial charge on any atom is -0.480 e. The highest BCUT2D eigenvalue weighted by Crippen LogP contribution is 2.22. The summed E-state index contributed by atoms with van der Waals surface area (Å²) in [5.74, 6) is -0.765. The zero-order valence-electron chi connectivity index (χ0n) is 11.6. The first kappa shape index (κ1) is 15.9. The summed E-state index contributed by atoms with van der Waals surface area (Å²) in [5, 5.41) is 18.6. The van der Waals surface area contributed by atoms with E-state index in [1.807, 2.05) is 0 Å². The average molecular weight is 272 g/mol. The fourth-order valence-corrected chi connectivity index (χ4v) is 2.62. The standard InChI is InChI=1S/C13H24N2O4/c1-8(2)3-9(6-14)4-12(17)15-7-10(16)5-11(15)13(18)19/h8-11,16H,3-7,14H2,1-2H3,(H,18,19)/t9-,10+,11-/m0/s1. The molecule has 0 spiro atoms. The molecular formula is C13H24N2O4. The summed E-state index contributed by atoms with van der Waals surface area (Å²) in [6, 6.07) is -0.903. The van der Waals surface area contributed by atoms with Crippen molar-refractivity contribution in [3.8, 4) is 0 Å². The van der Waals surface area contributed by atoms with Crippen molar-refractivity contribution in [2.24, 2.45) is 17.6 Å². The molecule has 110 valence electrons. The second kappa shape index (κ2) is 6.86. The van der Waals surface area contributed by atoms with Gasteiger partial charge in [-0.05, 0) is 24.8 Å². The predicted molar refractivity (Wildman–Crippen MR) is 70.4 cm³/mol. The fourth-order valence-electron chi connectivity index (χ4n) is 2.62. The quantitative estimate of drug-likeness (QED) is 0.633. The van der Waals surface area contributed by atoms with Crippen molar-refractivity contribution >= 4 is 11.9 Å². The Morgan fingerprint density at radius 3 is 2.53 bits per heavy atom. The van der Waals surface area contributed by atoms with E-state index in [-0.39, 0.29) is 31.2 Å². The topological polar surface area (TPSA) is 104 Å². The highest BCUT2D eigenvalue weighted by Gasteiger charge is 2.39. The Labute approximate surface area is 113 Å². The molecule has 3 atom stereocenters. The van der Waals surface area contributed by atoms with Crippen molar-refractivity contribution in [1.29, 1.82) is 0 Å². The van der Waals surface area contributed by atoms with Crippen molar-refractivity contribution < 1.29 is 19.8 Å². The molecule has 19 heavy (non-hydrogen) atoms. The van der Waals surface area contributed by atoms with Gasteiger partial charge in [0.2, 0.25) is 5.91 Å². The highest BCUT2D eigenvalue weighted by molar-refractivity contribution is 5.84. The van der Waals surface area contributed by atoms with E-state index >= 15 is 0 Å². The van der Waals surface area contributed by atoms with Gasteiger partial charge < -0.3 is 20.8 Å². The van der Waals surface area contributed by atoms with Crippen LogP contribution in [-0.4, -0.2) is 52.2 Å². The maximum atomic E-state index is 12.2. The zero-order chi connectivity index (χ0) is 14.6. The third kappa shape index (κ3) is 4.47. The third-order valence-corrected chi connectivity index (χ3v) is 3.49. The van der Waals surface area contributed by atoms with Gasteiger partial charge in [0.1, 0.15) is 6.04 Å². The first-order valence-corrected chi connectivity index (χ1v) is 6.75. The fraction of sp³-hybridized carbons (Fsp3) is 0.846. The second-order valence-electron chi connectivity index (χ2n) is 5.73. The number of rotatable bonds is 6. The summed E-state index contributed by atoms with van der Waals surface area (Å²) in [7, 11) is 0. The van der Waals surface area contributed by atoms with Crippen molar-refractivity contribution in [2.45, 2.75) is 45.3 Å². The highest BCUT2D eigenvalue weighted by atomic mass is 16.4. The van der Waals surface area contributed by atoms with E-state index < -0.39 is 18.1 Å². The Balaban J connectivity index is 2.63. The summed E-state index contributed by atoms with van der Waals surface area (Å²) in [4.78, 5) is 24.5. The molecule has 0 aromatic heterocycles. The van der Waals surface area contributed by atoms with Crippen LogP contribution >= 0.6 is 0 Å². The van der Waals surface area contributed by atoms with Crippen LogP contribution < -0.4 is 5.73 Å². The van der Waals surface area contributed by atoms with E-state index in [4.69, 9.17) is 10.8 Å². The molecule has 6 heteroatoms. The maximum Gasteiger partial charge on any atom is 0.326 e. The largest absolute Gasteiger partial charge is 0.480 e. The molecular weight excluding hydrogens is 248 g/mol. The van der Waals surface area contributed by atoms with Gasteiger partial charge in [-0.3, -0.25) is 4.79 Å². The summed E-state index contributed by atoms with van der Waals surface area (Å²) in [6.07, 6.45) is 0.464. The van der Waals surface area contributed by atoms with E-state index in [9.17, 15) is 14.7 Å². The molecule has 0 aromatic rings. The molecule has 1 aliphatic rings. The lowest BCUT2D eigenvalue weighted by Gasteiger charge is -2.24. The molecule has 1 saturated heterocycles. The lowest BCUT2D eigenvalue weighted by molar-refractivity contribution is -0.148. The van der Waals surface area contributed by atoms with E-state index in [1.165, 1.54) is 4.90 Å². The number of hydrogen-bond donors (Lipinski definition) is 3. The summed E-state index contributed by atoms with van der Waals surface area (Å²) >= 11 is 0. The number of aliphatic carboxylic acids is 1. The van der Waals surface area contributed by atoms with Gasteiger partial charge in [-0.2, -0.15) is 0 Å². The smallest absolute Gasteiger partial charge is 0.326 e. The summed E-state index contributed by atoms with van der Waals surface area (Å²) in [6.45, 7) is 4.65. The van der Waals surface area contributed by atoms with Crippen molar-refractivity contribution in [3.05, 3.63) is 0 Å². The lowest BCUT2D eigenvalue weighted by Crippen LogP contribution is -2.41. The summed E-state index contributed by atoms with van der Waals surface area (Å²) in [5.41, 5.74) is 5.65. The number of nitrogens with two attached hydrogens (primary N) is 1. The van der Waals surface area contributed by atoms with E-state index in [0.717, 1.165) is 6.42 Å². The number of carboxylic acid groups (broad SMARTS) is 1. The predicted octanol–water partition coefficient (Wildman–Crippen LogP) is 0.0439. The molecule has 0 aromatic carbocycles. The lowest BCUT2D eigenvalue weighted by atomic mass is 9.93. The van der Waals surface area contributed by atoms with Crippen LogP contribution in [-0.2, 0) is 9.59 Å². The number of likely N-dealkylation sites (tertiary alicyclic amines) is 1. The van der Waals surface area contributed by atoms with Gasteiger partial charge in [0, 0.05) is 19.4 Å². The van der Waals surface area contributed by atoms with E-state index in [2.05, 4.69) is 13.8 Å². The van der Waals surface area contributed by atoms with Crippen LogP contribution in [0.25, 0.3) is 0 Å². The van der Waals surface area contributed by atoms with E-state index in [0.29, 0.717) is 12.5 Å². The van der Waals surface area contributed by atoms with Crippen LogP contribution in [0, 0.1) is 11.8 Å². The van der Waals surface area contributed by atoms with Crippen molar-refractivity contribution in [1.82, 2.24) is 4.90 Å². The molecule has 1 heterocycles. The van der Waals surface area contributed by atoms with Crippen LogP contribution in [0.3, 0.4) is 0 Å². The molecule has 1 rings (SSSR count). The summed E-state index contributed by atoms with van der Waals surface area (Å²) < 4.78 is 0. The minimum atomic E-state index is -1.06. The monoisotopic (exact) mass is 272 g/mol. The number of β-amino-alcohol motifs (C(OH)–C–C–N with tert-alkyl or cyclic N) is 1. The van der Waals surface area contributed by atoms with Gasteiger partial charge in [0.25, 0.3) is 0 Å². The Bertz CT molecular complexity index is 333. The van der Waals surface area contributed by atoms with E-state index in [1.54, 1.807) is 0 Å². The SMILES string of the molecule is CC(C)C[C@H](CN)CC(=O)N1C[C@H](O)C[C@H]1C(=O)O. The molecule has 0 radical (unpaired) electrons. The maximum absolute atomic E-state index is 12.2. The van der Waals surface area contributed by atoms with Gasteiger partial charge in [-0.1, -0.05) is 13.8 Å². The first-order chi connectivity index (χ1) is 8.85. The number of carboxylic acids is 1. The van der Waals surface area contributed by atoms with Crippen LogP contribution in [0.4, 0.5) is 0 Å². The first-order valence-electron chi connectivity index (χ1n) is 6.75. The third-order valence-electron chi connectivity index (χ3n) is 3.49. The van der Waals surface area contributed by atoms with Gasteiger partial charge in [0.05, 0.1) is 6.10 Å². The minimum absolute atomic E-state index is 0.0692. The average Bonchev–Trinajstić information content (AvgIpc) is 2.70. The molecule has 1 fully saturated rings. The number of aliphatic hydroxyl groups excluding tert-OH is 1. The molecule has 0 saturated carbocycles. The Morgan fingerprint density at radius 2 is 2.05 bits per heavy atom. The molecule has 1 aliphatic heterocycles. The number of aliphatic hydroxyl groups is 1.